The highest BCUT2D eigenvalue weighted by Gasteiger charge is 2.27. The maximum absolute atomic E-state index is 11.9. The van der Waals surface area contributed by atoms with Crippen molar-refractivity contribution >= 4 is 11.8 Å². The summed E-state index contributed by atoms with van der Waals surface area (Å²) in [5, 5.41) is 0. The van der Waals surface area contributed by atoms with Gasteiger partial charge in [0.05, 0.1) is 7.11 Å². The van der Waals surface area contributed by atoms with E-state index in [2.05, 4.69) is 34.1 Å². The highest BCUT2D eigenvalue weighted by molar-refractivity contribution is 5.87. The molecule has 0 amide bonds. The van der Waals surface area contributed by atoms with Gasteiger partial charge in [0.15, 0.2) is 0 Å². The molecule has 0 N–H and O–H groups in total. The topological polar surface area (TPSA) is 59.5 Å². The molecule has 5 heteroatoms. The first-order valence-corrected chi connectivity index (χ1v) is 11.5. The lowest BCUT2D eigenvalue weighted by Gasteiger charge is -2.36. The van der Waals surface area contributed by atoms with Crippen LogP contribution in [0, 0.1) is 0 Å². The van der Waals surface area contributed by atoms with Crippen molar-refractivity contribution in [2.75, 3.05) is 20.2 Å². The third-order valence-corrected chi connectivity index (χ3v) is 6.22. The van der Waals surface area contributed by atoms with Gasteiger partial charge < -0.3 is 4.74 Å². The van der Waals surface area contributed by atoms with Gasteiger partial charge >= 0.3 is 5.97 Å². The van der Waals surface area contributed by atoms with Gasteiger partial charge in [-0.05, 0) is 67.8 Å². The SMILES string of the molecule is CCC(=O)CCCCN(CCc1ccccc1)C1CCCc2cc(C(=O)OC)ncc21. The standard InChI is InChI=1S/C26H34N2O3/c1-3-22(29)13-7-8-16-28(17-15-20-10-5-4-6-11-20)25-14-9-12-21-18-24(26(30)31-2)27-19-23(21)25/h4-6,10-11,18-19,25H,3,7-9,12-17H2,1-2H3. The maximum Gasteiger partial charge on any atom is 0.356 e. The third-order valence-electron chi connectivity index (χ3n) is 6.22. The van der Waals surface area contributed by atoms with E-state index >= 15 is 0 Å². The second kappa shape index (κ2) is 11.8. The Labute approximate surface area is 185 Å². The van der Waals surface area contributed by atoms with E-state index in [0.717, 1.165) is 51.6 Å². The van der Waals surface area contributed by atoms with Crippen molar-refractivity contribution in [2.24, 2.45) is 0 Å². The number of benzene rings is 1. The monoisotopic (exact) mass is 422 g/mol. The Balaban J connectivity index is 1.74. The number of aromatic nitrogens is 1. The van der Waals surface area contributed by atoms with E-state index < -0.39 is 0 Å². The average molecular weight is 423 g/mol. The van der Waals surface area contributed by atoms with Crippen molar-refractivity contribution in [3.63, 3.8) is 0 Å². The zero-order chi connectivity index (χ0) is 22.1. The summed E-state index contributed by atoms with van der Waals surface area (Å²) in [5.74, 6) is -0.0372. The van der Waals surface area contributed by atoms with Crippen LogP contribution in [0.1, 0.15) is 78.7 Å². The minimum Gasteiger partial charge on any atom is -0.464 e. The minimum absolute atomic E-state index is 0.300. The largest absolute Gasteiger partial charge is 0.464 e. The number of fused-ring (bicyclic) bond motifs is 1. The highest BCUT2D eigenvalue weighted by Crippen LogP contribution is 2.34. The van der Waals surface area contributed by atoms with Gasteiger partial charge in [0.2, 0.25) is 0 Å². The second-order valence-corrected chi connectivity index (χ2v) is 8.29. The first-order chi connectivity index (χ1) is 15.1. The second-order valence-electron chi connectivity index (χ2n) is 8.29. The predicted octanol–water partition coefficient (Wildman–Crippen LogP) is 4.94. The van der Waals surface area contributed by atoms with Crippen LogP contribution in [0.3, 0.4) is 0 Å². The van der Waals surface area contributed by atoms with Crippen molar-refractivity contribution in [1.29, 1.82) is 0 Å². The lowest BCUT2D eigenvalue weighted by Crippen LogP contribution is -2.34. The van der Waals surface area contributed by atoms with Crippen molar-refractivity contribution in [3.05, 3.63) is 65.0 Å². The summed E-state index contributed by atoms with van der Waals surface area (Å²) in [7, 11) is 1.39. The Morgan fingerprint density at radius 2 is 1.97 bits per heavy atom. The van der Waals surface area contributed by atoms with Gasteiger partial charge in [-0.25, -0.2) is 9.78 Å². The summed E-state index contributed by atoms with van der Waals surface area (Å²) in [6, 6.07) is 12.8. The van der Waals surface area contributed by atoms with Crippen molar-refractivity contribution in [2.45, 2.75) is 64.3 Å². The minimum atomic E-state index is -0.383. The van der Waals surface area contributed by atoms with Crippen LogP contribution in [-0.4, -0.2) is 41.8 Å². The molecule has 0 radical (unpaired) electrons. The molecule has 0 aliphatic heterocycles. The Bertz CT molecular complexity index is 866. The number of hydrogen-bond donors (Lipinski definition) is 0. The van der Waals surface area contributed by atoms with Crippen LogP contribution in [0.2, 0.25) is 0 Å². The molecule has 0 spiro atoms. The molecule has 0 saturated carbocycles. The molecular weight excluding hydrogens is 388 g/mol. The van der Waals surface area contributed by atoms with E-state index in [0.29, 0.717) is 30.4 Å². The molecule has 1 aromatic carbocycles. The van der Waals surface area contributed by atoms with Crippen LogP contribution in [0.15, 0.2) is 42.6 Å². The van der Waals surface area contributed by atoms with Gasteiger partial charge in [0.25, 0.3) is 0 Å². The molecule has 1 aliphatic carbocycles. The summed E-state index contributed by atoms with van der Waals surface area (Å²) in [6.07, 6.45) is 9.28. The van der Waals surface area contributed by atoms with Gasteiger partial charge in [-0.1, -0.05) is 37.3 Å². The number of pyridine rings is 1. The molecule has 1 heterocycles. The number of unbranched alkanes of at least 4 members (excludes halogenated alkanes) is 1. The fraction of sp³-hybridized carbons (Fsp3) is 0.500. The first kappa shape index (κ1) is 23.1. The molecule has 1 aliphatic rings. The molecule has 1 atom stereocenters. The zero-order valence-corrected chi connectivity index (χ0v) is 18.8. The Morgan fingerprint density at radius 1 is 1.16 bits per heavy atom. The van der Waals surface area contributed by atoms with E-state index in [9.17, 15) is 9.59 Å². The number of methoxy groups -OCH3 is 1. The number of ketones is 1. The number of rotatable bonds is 11. The number of esters is 1. The van der Waals surface area contributed by atoms with Crippen LogP contribution in [0.4, 0.5) is 0 Å². The van der Waals surface area contributed by atoms with E-state index in [1.165, 1.54) is 23.8 Å². The molecule has 1 unspecified atom stereocenters. The predicted molar refractivity (Wildman–Crippen MR) is 122 cm³/mol. The Kier molecular flexibility index (Phi) is 8.77. The summed E-state index contributed by atoms with van der Waals surface area (Å²) in [5.41, 5.74) is 4.16. The maximum atomic E-state index is 11.9. The fourth-order valence-electron chi connectivity index (χ4n) is 4.42. The summed E-state index contributed by atoms with van der Waals surface area (Å²) >= 11 is 0. The van der Waals surface area contributed by atoms with Crippen LogP contribution < -0.4 is 0 Å². The Hall–Kier alpha value is -2.53. The zero-order valence-electron chi connectivity index (χ0n) is 18.8. The van der Waals surface area contributed by atoms with Gasteiger partial charge in [-0.15, -0.1) is 0 Å². The third kappa shape index (κ3) is 6.47. The number of nitrogens with zero attached hydrogens (tertiary/aromatic N) is 2. The first-order valence-electron chi connectivity index (χ1n) is 11.5. The molecule has 0 saturated heterocycles. The number of carbonyl (C=O) groups excluding carboxylic acids is 2. The van der Waals surface area contributed by atoms with Gasteiger partial charge in [0.1, 0.15) is 11.5 Å². The number of hydrogen-bond acceptors (Lipinski definition) is 5. The molecule has 31 heavy (non-hydrogen) atoms. The number of ether oxygens (including phenoxy) is 1. The van der Waals surface area contributed by atoms with Crippen LogP contribution in [0.25, 0.3) is 0 Å². The number of carbonyl (C=O) groups is 2. The van der Waals surface area contributed by atoms with Crippen molar-refractivity contribution in [1.82, 2.24) is 9.88 Å². The van der Waals surface area contributed by atoms with Gasteiger partial charge in [0, 0.05) is 31.6 Å². The Morgan fingerprint density at radius 3 is 2.71 bits per heavy atom. The smallest absolute Gasteiger partial charge is 0.356 e. The van der Waals surface area contributed by atoms with Crippen LogP contribution in [0.5, 0.6) is 0 Å². The summed E-state index contributed by atoms with van der Waals surface area (Å²) in [4.78, 5) is 30.5. The number of aryl methyl sites for hydroxylation is 1. The molecule has 0 bridgehead atoms. The highest BCUT2D eigenvalue weighted by atomic mass is 16.5. The van der Waals surface area contributed by atoms with Gasteiger partial charge in [-0.2, -0.15) is 0 Å². The van der Waals surface area contributed by atoms with Crippen molar-refractivity contribution < 1.29 is 14.3 Å². The van der Waals surface area contributed by atoms with Crippen LogP contribution >= 0.6 is 0 Å². The molecule has 1 aromatic heterocycles. The molecule has 0 fully saturated rings. The van der Waals surface area contributed by atoms with E-state index in [-0.39, 0.29) is 5.97 Å². The van der Waals surface area contributed by atoms with E-state index in [1.54, 1.807) is 0 Å². The molecule has 5 nitrogen and oxygen atoms in total. The van der Waals surface area contributed by atoms with Crippen LogP contribution in [-0.2, 0) is 22.4 Å². The molecular formula is C26H34N2O3. The summed E-state index contributed by atoms with van der Waals surface area (Å²) < 4.78 is 4.84. The quantitative estimate of drug-likeness (QED) is 0.379. The average Bonchev–Trinajstić information content (AvgIpc) is 2.82. The van der Waals surface area contributed by atoms with Gasteiger partial charge in [-0.3, -0.25) is 9.69 Å². The lowest BCUT2D eigenvalue weighted by molar-refractivity contribution is -0.118. The van der Waals surface area contributed by atoms with Crippen molar-refractivity contribution in [3.8, 4) is 0 Å². The molecule has 2 aromatic rings. The normalized spacial score (nSPS) is 15.5. The molecule has 3 rings (SSSR count). The fourth-order valence-corrected chi connectivity index (χ4v) is 4.42. The lowest BCUT2D eigenvalue weighted by atomic mass is 9.87. The number of Topliss-reactive ketones (excluding diaryl/α,β-unsaturated/α-hetero) is 1. The van der Waals surface area contributed by atoms with E-state index in [1.807, 2.05) is 25.3 Å². The summed E-state index contributed by atoms with van der Waals surface area (Å²) in [6.45, 7) is 3.87. The van der Waals surface area contributed by atoms with E-state index in [4.69, 9.17) is 4.74 Å². The molecule has 166 valence electrons.